The molecule has 1 aromatic rings. The zero-order valence-electron chi connectivity index (χ0n) is 10.2. The van der Waals surface area contributed by atoms with Crippen molar-refractivity contribution in [2.24, 2.45) is 11.8 Å². The predicted octanol–water partition coefficient (Wildman–Crippen LogP) is 3.39. The van der Waals surface area contributed by atoms with Crippen molar-refractivity contribution in [1.29, 1.82) is 0 Å². The minimum atomic E-state index is -4.69. The lowest BCUT2D eigenvalue weighted by Crippen LogP contribution is -2.34. The van der Waals surface area contributed by atoms with E-state index in [9.17, 15) is 22.8 Å². The van der Waals surface area contributed by atoms with E-state index in [-0.39, 0.29) is 14.2 Å². The Bertz CT molecular complexity index is 590. The number of aliphatic carboxylic acids is 1. The summed E-state index contributed by atoms with van der Waals surface area (Å²) in [5.41, 5.74) is -0.0152. The maximum atomic E-state index is 12.8. The minimum Gasteiger partial charge on any atom is -0.481 e. The first-order valence-electron chi connectivity index (χ1n) is 5.65. The number of nitrogens with zero attached hydrogens (tertiary/aromatic N) is 1. The predicted molar refractivity (Wildman–Crippen MR) is 70.9 cm³/mol. The second-order valence-electron chi connectivity index (χ2n) is 4.54. The fourth-order valence-corrected chi connectivity index (χ4v) is 3.66. The molecule has 21 heavy (non-hydrogen) atoms. The fourth-order valence-electron chi connectivity index (χ4n) is 2.21. The Morgan fingerprint density at radius 2 is 1.95 bits per heavy atom. The van der Waals surface area contributed by atoms with Gasteiger partial charge in [0.15, 0.2) is 0 Å². The van der Waals surface area contributed by atoms with Crippen LogP contribution in [0.25, 0.3) is 0 Å². The summed E-state index contributed by atoms with van der Waals surface area (Å²) in [6, 6.07) is 1.26. The molecule has 0 aliphatic carbocycles. The summed E-state index contributed by atoms with van der Waals surface area (Å²) in [5.74, 6) is -6.10. The molecule has 10 heteroatoms. The molecule has 2 heterocycles. The van der Waals surface area contributed by atoms with E-state index in [1.807, 2.05) is 0 Å². The lowest BCUT2D eigenvalue weighted by atomic mass is 9.96. The van der Waals surface area contributed by atoms with Crippen LogP contribution in [0, 0.1) is 11.8 Å². The molecule has 0 aromatic carbocycles. The molecule has 1 saturated heterocycles. The van der Waals surface area contributed by atoms with Crippen LogP contribution >= 0.6 is 34.5 Å². The van der Waals surface area contributed by atoms with E-state index >= 15 is 0 Å². The molecule has 0 unspecified atom stereocenters. The highest BCUT2D eigenvalue weighted by Gasteiger charge is 2.53. The number of rotatable bonds is 2. The van der Waals surface area contributed by atoms with E-state index in [2.05, 4.69) is 0 Å². The molecule has 0 bridgehead atoms. The van der Waals surface area contributed by atoms with E-state index in [0.717, 1.165) is 16.2 Å². The number of amides is 1. The van der Waals surface area contributed by atoms with Crippen LogP contribution in [0.1, 0.15) is 10.4 Å². The van der Waals surface area contributed by atoms with Gasteiger partial charge in [-0.15, -0.1) is 11.3 Å². The molecule has 1 aliphatic rings. The summed E-state index contributed by atoms with van der Waals surface area (Å²) in [7, 11) is 0. The van der Waals surface area contributed by atoms with E-state index < -0.39 is 43.0 Å². The van der Waals surface area contributed by atoms with Crippen molar-refractivity contribution in [2.45, 2.75) is 6.18 Å². The highest BCUT2D eigenvalue weighted by molar-refractivity contribution is 7.20. The Hall–Kier alpha value is -0.990. The number of thiophene rings is 1. The minimum absolute atomic E-state index is 0.0152. The topological polar surface area (TPSA) is 57.6 Å². The molecule has 1 fully saturated rings. The van der Waals surface area contributed by atoms with Crippen LogP contribution in [0.2, 0.25) is 8.67 Å². The lowest BCUT2D eigenvalue weighted by Gasteiger charge is -2.18. The zero-order chi connectivity index (χ0) is 15.9. The number of likely N-dealkylation sites (tertiary alicyclic amines) is 1. The van der Waals surface area contributed by atoms with Crippen molar-refractivity contribution < 1.29 is 27.9 Å². The van der Waals surface area contributed by atoms with Crippen molar-refractivity contribution in [3.63, 3.8) is 0 Å². The Labute approximate surface area is 131 Å². The Kier molecular flexibility index (Phi) is 4.41. The van der Waals surface area contributed by atoms with Crippen molar-refractivity contribution in [2.75, 3.05) is 13.1 Å². The van der Waals surface area contributed by atoms with Crippen molar-refractivity contribution in [3.8, 4) is 0 Å². The number of halogens is 5. The third-order valence-electron chi connectivity index (χ3n) is 3.23. The standard InChI is InChI=1S/C11H8Cl2F3NO3S/c12-7-1-4(8(13)21-7)9(18)17-2-5(10(19)20)6(3-17)11(14,15)16/h1,5-6H,2-3H2,(H,19,20)/t5-,6-/m1/s1. The first-order valence-corrected chi connectivity index (χ1v) is 7.22. The smallest absolute Gasteiger partial charge is 0.394 e. The monoisotopic (exact) mass is 361 g/mol. The van der Waals surface area contributed by atoms with Gasteiger partial charge in [0.2, 0.25) is 0 Å². The van der Waals surface area contributed by atoms with Crippen LogP contribution in [0.15, 0.2) is 6.07 Å². The van der Waals surface area contributed by atoms with E-state index in [0.29, 0.717) is 0 Å². The molecular formula is C11H8Cl2F3NO3S. The van der Waals surface area contributed by atoms with Gasteiger partial charge in [0.1, 0.15) is 4.34 Å². The summed E-state index contributed by atoms with van der Waals surface area (Å²) in [6.45, 7) is -1.22. The SMILES string of the molecule is O=C(O)[C@@H]1CN(C(=O)c2cc(Cl)sc2Cl)C[C@H]1C(F)(F)F. The first kappa shape index (κ1) is 16.4. The van der Waals surface area contributed by atoms with Crippen LogP contribution in [0.5, 0.6) is 0 Å². The molecule has 4 nitrogen and oxygen atoms in total. The number of carbonyl (C=O) groups is 2. The molecule has 1 aromatic heterocycles. The van der Waals surface area contributed by atoms with E-state index in [1.54, 1.807) is 0 Å². The molecule has 0 radical (unpaired) electrons. The van der Waals surface area contributed by atoms with Gasteiger partial charge in [0.25, 0.3) is 5.91 Å². The molecular weight excluding hydrogens is 354 g/mol. The average molecular weight is 362 g/mol. The molecule has 1 aliphatic heterocycles. The Morgan fingerprint density at radius 3 is 2.33 bits per heavy atom. The molecule has 116 valence electrons. The Morgan fingerprint density at radius 1 is 1.33 bits per heavy atom. The van der Waals surface area contributed by atoms with Gasteiger partial charge in [0.05, 0.1) is 21.7 Å². The number of carboxylic acids is 1. The summed E-state index contributed by atoms with van der Waals surface area (Å²) < 4.78 is 38.8. The molecule has 1 amide bonds. The maximum Gasteiger partial charge on any atom is 0.394 e. The zero-order valence-corrected chi connectivity index (χ0v) is 12.5. The fraction of sp³-hybridized carbons (Fsp3) is 0.455. The molecule has 0 spiro atoms. The summed E-state index contributed by atoms with van der Waals surface area (Å²) in [5, 5.41) is 8.89. The second-order valence-corrected chi connectivity index (χ2v) is 6.83. The first-order chi connectivity index (χ1) is 9.61. The van der Waals surface area contributed by atoms with Crippen LogP contribution < -0.4 is 0 Å². The van der Waals surface area contributed by atoms with Crippen LogP contribution in [-0.4, -0.2) is 41.1 Å². The quantitative estimate of drug-likeness (QED) is 0.878. The van der Waals surface area contributed by atoms with Crippen LogP contribution in [0.3, 0.4) is 0 Å². The van der Waals surface area contributed by atoms with Gasteiger partial charge in [-0.1, -0.05) is 23.2 Å². The summed E-state index contributed by atoms with van der Waals surface area (Å²) in [6.07, 6.45) is -4.69. The largest absolute Gasteiger partial charge is 0.481 e. The van der Waals surface area contributed by atoms with Gasteiger partial charge in [-0.2, -0.15) is 13.2 Å². The van der Waals surface area contributed by atoms with Crippen molar-refractivity contribution >= 4 is 46.4 Å². The van der Waals surface area contributed by atoms with E-state index in [1.165, 1.54) is 6.07 Å². The number of carbonyl (C=O) groups excluding carboxylic acids is 1. The third kappa shape index (κ3) is 3.27. The van der Waals surface area contributed by atoms with Gasteiger partial charge < -0.3 is 10.0 Å². The number of hydrogen-bond donors (Lipinski definition) is 1. The Balaban J connectivity index is 2.25. The normalized spacial score (nSPS) is 22.6. The summed E-state index contributed by atoms with van der Waals surface area (Å²) in [4.78, 5) is 24.0. The summed E-state index contributed by atoms with van der Waals surface area (Å²) >= 11 is 12.4. The van der Waals surface area contributed by atoms with Gasteiger partial charge in [-0.3, -0.25) is 9.59 Å². The van der Waals surface area contributed by atoms with Gasteiger partial charge in [0, 0.05) is 13.1 Å². The van der Waals surface area contributed by atoms with Crippen LogP contribution in [-0.2, 0) is 4.79 Å². The molecule has 2 rings (SSSR count). The van der Waals surface area contributed by atoms with E-state index in [4.69, 9.17) is 28.3 Å². The van der Waals surface area contributed by atoms with Gasteiger partial charge >= 0.3 is 12.1 Å². The van der Waals surface area contributed by atoms with Crippen molar-refractivity contribution in [3.05, 3.63) is 20.3 Å². The maximum absolute atomic E-state index is 12.8. The highest BCUT2D eigenvalue weighted by Crippen LogP contribution is 2.39. The highest BCUT2D eigenvalue weighted by atomic mass is 35.5. The second kappa shape index (κ2) is 5.66. The molecule has 1 N–H and O–H groups in total. The van der Waals surface area contributed by atoms with Gasteiger partial charge in [-0.05, 0) is 6.07 Å². The lowest BCUT2D eigenvalue weighted by molar-refractivity contribution is -0.187. The van der Waals surface area contributed by atoms with Crippen LogP contribution in [0.4, 0.5) is 13.2 Å². The number of hydrogen-bond acceptors (Lipinski definition) is 3. The number of carboxylic acid groups (broad SMARTS) is 1. The van der Waals surface area contributed by atoms with Gasteiger partial charge in [-0.25, -0.2) is 0 Å². The van der Waals surface area contributed by atoms with Crippen molar-refractivity contribution in [1.82, 2.24) is 4.90 Å². The number of alkyl halides is 3. The molecule has 0 saturated carbocycles. The molecule has 2 atom stereocenters. The average Bonchev–Trinajstić information content (AvgIpc) is 2.91. The third-order valence-corrected chi connectivity index (χ3v) is 4.72.